The van der Waals surface area contributed by atoms with E-state index in [0.717, 1.165) is 13.0 Å². The van der Waals surface area contributed by atoms with Gasteiger partial charge in [0.05, 0.1) is 16.5 Å². The van der Waals surface area contributed by atoms with Gasteiger partial charge in [-0.2, -0.15) is 9.97 Å². The number of anilines is 1. The first-order valence-corrected chi connectivity index (χ1v) is 16.3. The predicted molar refractivity (Wildman–Crippen MR) is 181 cm³/mol. The lowest BCUT2D eigenvalue weighted by molar-refractivity contribution is -0.131. The van der Waals surface area contributed by atoms with Crippen LogP contribution in [0, 0.1) is 18.2 Å². The zero-order chi connectivity index (χ0) is 35.0. The van der Waals surface area contributed by atoms with Crippen molar-refractivity contribution >= 4 is 45.0 Å². The molecule has 14 heteroatoms. The van der Waals surface area contributed by atoms with Gasteiger partial charge in [-0.15, -0.1) is 0 Å². The van der Waals surface area contributed by atoms with E-state index < -0.39 is 29.4 Å². The van der Waals surface area contributed by atoms with E-state index in [1.165, 1.54) is 17.2 Å². The van der Waals surface area contributed by atoms with Crippen LogP contribution < -0.4 is 9.64 Å². The Kier molecular flexibility index (Phi) is 9.92. The quantitative estimate of drug-likeness (QED) is 0.154. The zero-order valence-corrected chi connectivity index (χ0v) is 28.1. The number of nitrogens with zero attached hydrogens (tertiary/aromatic N) is 7. The van der Waals surface area contributed by atoms with Crippen LogP contribution in [0.4, 0.5) is 19.0 Å². The molecule has 0 spiro atoms. The third kappa shape index (κ3) is 6.60. The third-order valence-corrected chi connectivity index (χ3v) is 9.60. The monoisotopic (exact) mass is 693 g/mol. The lowest BCUT2D eigenvalue weighted by atomic mass is 10.0. The van der Waals surface area contributed by atoms with Crippen molar-refractivity contribution in [3.8, 4) is 17.3 Å². The maximum Gasteiger partial charge on any atom is 0.319 e. The van der Waals surface area contributed by atoms with Gasteiger partial charge >= 0.3 is 6.01 Å². The highest BCUT2D eigenvalue weighted by atomic mass is 35.5. The molecule has 0 saturated carbocycles. The van der Waals surface area contributed by atoms with Gasteiger partial charge in [-0.25, -0.2) is 19.7 Å². The fourth-order valence-corrected chi connectivity index (χ4v) is 7.06. The normalized spacial score (nSPS) is 19.9. The fourth-order valence-electron chi connectivity index (χ4n) is 6.79. The molecule has 2 saturated heterocycles. The second-order valence-corrected chi connectivity index (χ2v) is 12.8. The Morgan fingerprint density at radius 2 is 1.96 bits per heavy atom. The molecule has 4 aromatic rings. The molecule has 2 aromatic carbocycles. The molecule has 2 aliphatic rings. The first-order chi connectivity index (χ1) is 23.5. The van der Waals surface area contributed by atoms with E-state index in [-0.39, 0.29) is 90.0 Å². The molecule has 0 aliphatic carbocycles. The van der Waals surface area contributed by atoms with Crippen molar-refractivity contribution in [3.63, 3.8) is 0 Å². The molecular weight excluding hydrogens is 659 g/mol. The van der Waals surface area contributed by atoms with Crippen molar-refractivity contribution in [1.82, 2.24) is 24.8 Å². The molecule has 0 bridgehead atoms. The Hall–Kier alpha value is -4.51. The Balaban J connectivity index is 1.45. The van der Waals surface area contributed by atoms with Crippen molar-refractivity contribution in [2.24, 2.45) is 0 Å². The summed E-state index contributed by atoms with van der Waals surface area (Å²) in [6.45, 7) is 16.0. The molecule has 49 heavy (non-hydrogen) atoms. The minimum absolute atomic E-state index is 0.00957. The van der Waals surface area contributed by atoms with Crippen LogP contribution in [-0.4, -0.2) is 101 Å². The smallest absolute Gasteiger partial charge is 0.319 e. The van der Waals surface area contributed by atoms with Crippen LogP contribution in [0.15, 0.2) is 48.9 Å². The third-order valence-electron chi connectivity index (χ3n) is 9.23. The first-order valence-electron chi connectivity index (χ1n) is 15.9. The number of halogens is 4. The lowest BCUT2D eigenvalue weighted by Crippen LogP contribution is -2.56. The van der Waals surface area contributed by atoms with Gasteiger partial charge in [0, 0.05) is 62.5 Å². The second-order valence-electron chi connectivity index (χ2n) is 12.5. The van der Waals surface area contributed by atoms with Crippen molar-refractivity contribution in [3.05, 3.63) is 77.0 Å². The number of rotatable bonds is 9. The Morgan fingerprint density at radius 3 is 2.67 bits per heavy atom. The molecule has 4 heterocycles. The summed E-state index contributed by atoms with van der Waals surface area (Å²) in [7, 11) is 1.68. The van der Waals surface area contributed by atoms with Gasteiger partial charge < -0.3 is 24.1 Å². The molecular formula is C35H35ClF3N7O3. The predicted octanol–water partition coefficient (Wildman–Crippen LogP) is 6.07. The summed E-state index contributed by atoms with van der Waals surface area (Å²) < 4.78 is 57.0. The van der Waals surface area contributed by atoms with Gasteiger partial charge in [-0.1, -0.05) is 42.4 Å². The summed E-state index contributed by atoms with van der Waals surface area (Å²) in [6, 6.07) is 7.32. The minimum Gasteiger partial charge on any atom is -0.462 e. The highest BCUT2D eigenvalue weighted by Gasteiger charge is 2.37. The standard InChI is InChI=1S/C35H35ClF3N7O3/c1-19(2)46-17-24(48-5)13-22(46)18-49-35-42-32-26(33(43-35)44-11-12-45(34(47)20(3)37)23(16-44)14-40-4)15-41-31(30(32)39)25-8-6-7-21-9-10-27(38)29(36)28(21)25/h6-10,15,19,22-24H,3,11-14,16-18H2,1-2,5H3/t22-,23-,24+/m0/s1. The number of fused-ring (bicyclic) bond motifs is 2. The van der Waals surface area contributed by atoms with E-state index in [1.807, 2.05) is 0 Å². The Labute approximate surface area is 286 Å². The maximum atomic E-state index is 16.8. The summed E-state index contributed by atoms with van der Waals surface area (Å²) in [5.74, 6) is -3.15. The van der Waals surface area contributed by atoms with Crippen LogP contribution in [0.5, 0.6) is 6.01 Å². The summed E-state index contributed by atoms with van der Waals surface area (Å²) in [5, 5.41) is 1.01. The van der Waals surface area contributed by atoms with Crippen LogP contribution in [0.1, 0.15) is 20.3 Å². The number of pyridine rings is 1. The van der Waals surface area contributed by atoms with Crippen LogP contribution in [0.3, 0.4) is 0 Å². The average molecular weight is 694 g/mol. The number of likely N-dealkylation sites (tertiary alicyclic amines) is 1. The number of carbonyl (C=O) groups excluding carboxylic acids is 1. The second kappa shape index (κ2) is 14.2. The van der Waals surface area contributed by atoms with Crippen molar-refractivity contribution in [1.29, 1.82) is 0 Å². The van der Waals surface area contributed by atoms with E-state index in [2.05, 4.69) is 40.1 Å². The molecule has 0 unspecified atom stereocenters. The van der Waals surface area contributed by atoms with Crippen molar-refractivity contribution < 1.29 is 27.4 Å². The number of benzene rings is 2. The summed E-state index contributed by atoms with van der Waals surface area (Å²) >= 11 is 6.39. The van der Waals surface area contributed by atoms with E-state index in [4.69, 9.17) is 32.6 Å². The van der Waals surface area contributed by atoms with Crippen LogP contribution >= 0.6 is 11.6 Å². The summed E-state index contributed by atoms with van der Waals surface area (Å²) in [5.41, 5.74) is 0.103. The fraction of sp³-hybridized carbons (Fsp3) is 0.400. The number of amides is 1. The number of hydrogen-bond acceptors (Lipinski definition) is 8. The number of hydrogen-bond donors (Lipinski definition) is 0. The molecule has 3 atom stereocenters. The van der Waals surface area contributed by atoms with Gasteiger partial charge in [0.2, 0.25) is 6.54 Å². The molecule has 2 aromatic heterocycles. The molecule has 10 nitrogen and oxygen atoms in total. The van der Waals surface area contributed by atoms with Gasteiger partial charge in [-0.05, 0) is 31.7 Å². The molecule has 6 rings (SSSR count). The largest absolute Gasteiger partial charge is 0.462 e. The van der Waals surface area contributed by atoms with Crippen LogP contribution in [-0.2, 0) is 9.53 Å². The Bertz CT molecular complexity index is 1970. The van der Waals surface area contributed by atoms with Gasteiger partial charge in [0.15, 0.2) is 11.6 Å². The zero-order valence-electron chi connectivity index (χ0n) is 27.3. The molecule has 2 fully saturated rings. The van der Waals surface area contributed by atoms with E-state index in [1.54, 1.807) is 36.3 Å². The van der Waals surface area contributed by atoms with E-state index in [9.17, 15) is 13.6 Å². The number of aromatic nitrogens is 3. The summed E-state index contributed by atoms with van der Waals surface area (Å²) in [4.78, 5) is 35.1. The highest BCUT2D eigenvalue weighted by Crippen LogP contribution is 2.38. The SMILES string of the molecule is [C-]#[N+]C[C@H]1CN(c2nc(OC[C@@H]3C[C@@H](OC)CN3C(C)C)nc3c(F)c(-c4cccc5ccc(F)c(Cl)c45)ncc23)CCN1C(=O)C(=C)F. The van der Waals surface area contributed by atoms with Crippen molar-refractivity contribution in [2.45, 2.75) is 44.5 Å². The molecule has 256 valence electrons. The topological polar surface area (TPSA) is 88.3 Å². The number of methoxy groups -OCH3 is 1. The first kappa shape index (κ1) is 34.4. The van der Waals surface area contributed by atoms with E-state index in [0.29, 0.717) is 10.8 Å². The van der Waals surface area contributed by atoms with Crippen molar-refractivity contribution in [2.75, 3.05) is 51.3 Å². The van der Waals surface area contributed by atoms with Crippen LogP contribution in [0.2, 0.25) is 5.02 Å². The van der Waals surface area contributed by atoms with Crippen LogP contribution in [0.25, 0.3) is 37.8 Å². The Morgan fingerprint density at radius 1 is 1.16 bits per heavy atom. The van der Waals surface area contributed by atoms with Gasteiger partial charge in [0.1, 0.15) is 35.5 Å². The molecule has 2 aliphatic heterocycles. The highest BCUT2D eigenvalue weighted by molar-refractivity contribution is 6.36. The maximum absolute atomic E-state index is 16.8. The minimum atomic E-state index is -1.11. The van der Waals surface area contributed by atoms with Gasteiger partial charge in [-0.3, -0.25) is 14.7 Å². The molecule has 0 N–H and O–H groups in total. The molecule has 1 amide bonds. The average Bonchev–Trinajstić information content (AvgIpc) is 3.52. The van der Waals surface area contributed by atoms with Gasteiger partial charge in [0.25, 0.3) is 5.91 Å². The summed E-state index contributed by atoms with van der Waals surface area (Å²) in [6.07, 6.45) is 2.19. The number of ether oxygens (including phenoxy) is 2. The molecule has 0 radical (unpaired) electrons. The number of carbonyl (C=O) groups is 1. The number of piperazine rings is 1. The lowest BCUT2D eigenvalue weighted by Gasteiger charge is -2.39. The van der Waals surface area contributed by atoms with E-state index >= 15 is 4.39 Å².